The quantitative estimate of drug-likeness (QED) is 0.853. The van der Waals surface area contributed by atoms with E-state index in [9.17, 15) is 0 Å². The lowest BCUT2D eigenvalue weighted by Crippen LogP contribution is -2.12. The number of fused-ring (bicyclic) bond motifs is 1. The van der Waals surface area contributed by atoms with Gasteiger partial charge < -0.3 is 0 Å². The standard InChI is InChI=1S/C15H20N4/c1-15(2,3)10-8-13(17-16-9-10)14-11-6-4-5-7-12(11)18-19-14/h8-9H,4-7H2,1-3H3,(H,18,19). The lowest BCUT2D eigenvalue weighted by atomic mass is 9.87. The molecule has 19 heavy (non-hydrogen) atoms. The first-order valence-electron chi connectivity index (χ1n) is 6.95. The van der Waals surface area contributed by atoms with E-state index in [4.69, 9.17) is 0 Å². The van der Waals surface area contributed by atoms with Crippen molar-refractivity contribution in [2.45, 2.75) is 51.9 Å². The third kappa shape index (κ3) is 2.27. The van der Waals surface area contributed by atoms with Crippen molar-refractivity contribution < 1.29 is 0 Å². The Kier molecular flexibility index (Phi) is 2.88. The molecule has 1 aliphatic carbocycles. The summed E-state index contributed by atoms with van der Waals surface area (Å²) in [6.45, 7) is 6.56. The van der Waals surface area contributed by atoms with Gasteiger partial charge in [0.05, 0.1) is 6.20 Å². The number of aromatic nitrogens is 4. The minimum atomic E-state index is 0.0844. The molecule has 2 aromatic rings. The van der Waals surface area contributed by atoms with Gasteiger partial charge in [-0.1, -0.05) is 20.8 Å². The highest BCUT2D eigenvalue weighted by Crippen LogP contribution is 2.30. The number of aromatic amines is 1. The van der Waals surface area contributed by atoms with Crippen LogP contribution in [0.4, 0.5) is 0 Å². The predicted molar refractivity (Wildman–Crippen MR) is 75.0 cm³/mol. The molecule has 0 saturated carbocycles. The van der Waals surface area contributed by atoms with E-state index < -0.39 is 0 Å². The van der Waals surface area contributed by atoms with E-state index in [2.05, 4.69) is 47.2 Å². The van der Waals surface area contributed by atoms with Gasteiger partial charge in [0, 0.05) is 11.3 Å². The molecule has 0 bridgehead atoms. The molecular weight excluding hydrogens is 236 g/mol. The molecular formula is C15H20N4. The number of nitrogens with one attached hydrogen (secondary N) is 1. The summed E-state index contributed by atoms with van der Waals surface area (Å²) in [7, 11) is 0. The molecule has 4 heteroatoms. The van der Waals surface area contributed by atoms with Gasteiger partial charge in [-0.2, -0.15) is 10.2 Å². The highest BCUT2D eigenvalue weighted by molar-refractivity contribution is 5.60. The van der Waals surface area contributed by atoms with Crippen LogP contribution in [-0.2, 0) is 18.3 Å². The van der Waals surface area contributed by atoms with E-state index in [1.165, 1.54) is 29.7 Å². The van der Waals surface area contributed by atoms with Gasteiger partial charge in [0.15, 0.2) is 0 Å². The Morgan fingerprint density at radius 3 is 2.74 bits per heavy atom. The molecule has 1 aliphatic rings. The second-order valence-corrected chi connectivity index (χ2v) is 6.32. The Hall–Kier alpha value is -1.71. The summed E-state index contributed by atoms with van der Waals surface area (Å²) in [6.07, 6.45) is 6.55. The van der Waals surface area contributed by atoms with Gasteiger partial charge in [-0.3, -0.25) is 5.10 Å². The van der Waals surface area contributed by atoms with Crippen LogP contribution in [0.2, 0.25) is 0 Å². The summed E-state index contributed by atoms with van der Waals surface area (Å²) in [5.41, 5.74) is 5.79. The van der Waals surface area contributed by atoms with Crippen molar-refractivity contribution in [1.29, 1.82) is 0 Å². The summed E-state index contributed by atoms with van der Waals surface area (Å²) < 4.78 is 0. The smallest absolute Gasteiger partial charge is 0.116 e. The van der Waals surface area contributed by atoms with Crippen molar-refractivity contribution in [3.63, 3.8) is 0 Å². The van der Waals surface area contributed by atoms with E-state index in [1.807, 2.05) is 6.20 Å². The van der Waals surface area contributed by atoms with Gasteiger partial charge >= 0.3 is 0 Å². The van der Waals surface area contributed by atoms with Crippen LogP contribution in [0.3, 0.4) is 0 Å². The average Bonchev–Trinajstić information content (AvgIpc) is 2.82. The molecule has 0 aliphatic heterocycles. The second kappa shape index (κ2) is 4.44. The fraction of sp³-hybridized carbons (Fsp3) is 0.533. The largest absolute Gasteiger partial charge is 0.282 e. The summed E-state index contributed by atoms with van der Waals surface area (Å²) in [6, 6.07) is 2.12. The maximum Gasteiger partial charge on any atom is 0.116 e. The van der Waals surface area contributed by atoms with Crippen molar-refractivity contribution >= 4 is 0 Å². The normalized spacial score (nSPS) is 15.3. The Labute approximate surface area is 113 Å². The molecule has 2 aromatic heterocycles. The molecule has 0 spiro atoms. The zero-order valence-corrected chi connectivity index (χ0v) is 11.8. The second-order valence-electron chi connectivity index (χ2n) is 6.32. The molecule has 0 amide bonds. The van der Waals surface area contributed by atoms with E-state index in [-0.39, 0.29) is 5.41 Å². The van der Waals surface area contributed by atoms with E-state index in [1.54, 1.807) is 0 Å². The van der Waals surface area contributed by atoms with Gasteiger partial charge in [-0.15, -0.1) is 5.10 Å². The molecule has 0 radical (unpaired) electrons. The van der Waals surface area contributed by atoms with Crippen LogP contribution in [0.25, 0.3) is 11.4 Å². The SMILES string of the molecule is CC(C)(C)c1cnnc(-c2n[nH]c3c2CCCC3)c1. The van der Waals surface area contributed by atoms with Gasteiger partial charge in [-0.05, 0) is 42.7 Å². The van der Waals surface area contributed by atoms with Gasteiger partial charge in [0.25, 0.3) is 0 Å². The van der Waals surface area contributed by atoms with Crippen molar-refractivity contribution in [2.24, 2.45) is 0 Å². The Morgan fingerprint density at radius 2 is 1.95 bits per heavy atom. The van der Waals surface area contributed by atoms with Crippen molar-refractivity contribution in [1.82, 2.24) is 20.4 Å². The monoisotopic (exact) mass is 256 g/mol. The first-order chi connectivity index (χ1) is 9.05. The summed E-state index contributed by atoms with van der Waals surface area (Å²) in [5.74, 6) is 0. The molecule has 3 rings (SSSR count). The lowest BCUT2D eigenvalue weighted by Gasteiger charge is -2.18. The topological polar surface area (TPSA) is 54.5 Å². The third-order valence-electron chi connectivity index (χ3n) is 3.82. The van der Waals surface area contributed by atoms with Gasteiger partial charge in [0.2, 0.25) is 0 Å². The van der Waals surface area contributed by atoms with Crippen LogP contribution >= 0.6 is 0 Å². The molecule has 2 heterocycles. The van der Waals surface area contributed by atoms with E-state index in [0.717, 1.165) is 24.2 Å². The van der Waals surface area contributed by atoms with Crippen LogP contribution in [-0.4, -0.2) is 20.4 Å². The number of aryl methyl sites for hydroxylation is 1. The minimum absolute atomic E-state index is 0.0844. The Morgan fingerprint density at radius 1 is 1.16 bits per heavy atom. The van der Waals surface area contributed by atoms with Crippen molar-refractivity contribution in [2.75, 3.05) is 0 Å². The molecule has 4 nitrogen and oxygen atoms in total. The molecule has 0 atom stereocenters. The molecule has 0 aromatic carbocycles. The van der Waals surface area contributed by atoms with Crippen LogP contribution in [0.5, 0.6) is 0 Å². The van der Waals surface area contributed by atoms with Crippen LogP contribution < -0.4 is 0 Å². The van der Waals surface area contributed by atoms with E-state index in [0.29, 0.717) is 0 Å². The number of rotatable bonds is 1. The Bertz CT molecular complexity index is 592. The average molecular weight is 256 g/mol. The fourth-order valence-electron chi connectivity index (χ4n) is 2.59. The first-order valence-corrected chi connectivity index (χ1v) is 6.95. The maximum absolute atomic E-state index is 4.46. The third-order valence-corrected chi connectivity index (χ3v) is 3.82. The van der Waals surface area contributed by atoms with Crippen LogP contribution in [0, 0.1) is 0 Å². The number of hydrogen-bond donors (Lipinski definition) is 1. The van der Waals surface area contributed by atoms with Crippen LogP contribution in [0.1, 0.15) is 50.4 Å². The van der Waals surface area contributed by atoms with Crippen LogP contribution in [0.15, 0.2) is 12.3 Å². The van der Waals surface area contributed by atoms with Crippen molar-refractivity contribution in [3.8, 4) is 11.4 Å². The summed E-state index contributed by atoms with van der Waals surface area (Å²) >= 11 is 0. The summed E-state index contributed by atoms with van der Waals surface area (Å²) in [4.78, 5) is 0. The first kappa shape index (κ1) is 12.3. The number of H-pyrrole nitrogens is 1. The minimum Gasteiger partial charge on any atom is -0.282 e. The Balaban J connectivity index is 2.05. The van der Waals surface area contributed by atoms with E-state index >= 15 is 0 Å². The zero-order chi connectivity index (χ0) is 13.5. The highest BCUT2D eigenvalue weighted by Gasteiger charge is 2.21. The lowest BCUT2D eigenvalue weighted by molar-refractivity contribution is 0.585. The zero-order valence-electron chi connectivity index (χ0n) is 11.8. The molecule has 1 N–H and O–H groups in total. The van der Waals surface area contributed by atoms with Crippen molar-refractivity contribution in [3.05, 3.63) is 29.1 Å². The molecule has 0 saturated heterocycles. The summed E-state index contributed by atoms with van der Waals surface area (Å²) in [5, 5.41) is 16.1. The molecule has 0 unspecified atom stereocenters. The molecule has 100 valence electrons. The number of hydrogen-bond acceptors (Lipinski definition) is 3. The predicted octanol–water partition coefficient (Wildman–Crippen LogP) is 3.04. The number of nitrogens with zero attached hydrogens (tertiary/aromatic N) is 3. The van der Waals surface area contributed by atoms with Gasteiger partial charge in [-0.25, -0.2) is 0 Å². The van der Waals surface area contributed by atoms with Gasteiger partial charge in [0.1, 0.15) is 11.4 Å². The molecule has 0 fully saturated rings. The fourth-order valence-corrected chi connectivity index (χ4v) is 2.59. The highest BCUT2D eigenvalue weighted by atomic mass is 15.2. The maximum atomic E-state index is 4.46.